The number of hydrogen-bond acceptors (Lipinski definition) is 5. The minimum atomic E-state index is -3.85. The Kier molecular flexibility index (Phi) is 4.95. The van der Waals surface area contributed by atoms with Crippen LogP contribution < -0.4 is 9.62 Å². The molecule has 0 atom stereocenters. The molecular weight excluding hydrogens is 366 g/mol. The highest BCUT2D eigenvalue weighted by Crippen LogP contribution is 2.26. The van der Waals surface area contributed by atoms with Crippen molar-refractivity contribution >= 4 is 27.4 Å². The maximum Gasteiger partial charge on any atom is 0.265 e. The van der Waals surface area contributed by atoms with Crippen molar-refractivity contribution in [2.75, 3.05) is 16.7 Å². The zero-order valence-corrected chi connectivity index (χ0v) is 15.9. The number of nitrogens with zero attached hydrogens (tertiary/aromatic N) is 4. The predicted molar refractivity (Wildman–Crippen MR) is 102 cm³/mol. The first-order chi connectivity index (χ1) is 12.8. The number of benzene rings is 1. The zero-order chi connectivity index (χ0) is 19.6. The number of carbonyl (C=O) groups excluding carboxylic acids is 1. The van der Waals surface area contributed by atoms with E-state index in [1.807, 2.05) is 6.92 Å². The highest BCUT2D eigenvalue weighted by Gasteiger charge is 2.28. The van der Waals surface area contributed by atoms with Crippen LogP contribution in [0.4, 0.5) is 11.5 Å². The van der Waals surface area contributed by atoms with Gasteiger partial charge in [-0.1, -0.05) is 17.7 Å². The molecule has 9 heteroatoms. The molecule has 1 N–H and O–H groups in total. The summed E-state index contributed by atoms with van der Waals surface area (Å²) < 4.78 is 28.4. The number of amides is 1. The fraction of sp³-hybridized carbons (Fsp3) is 0.167. The summed E-state index contributed by atoms with van der Waals surface area (Å²) in [5, 5.41) is 6.74. The van der Waals surface area contributed by atoms with E-state index >= 15 is 0 Å². The first-order valence-electron chi connectivity index (χ1n) is 8.09. The molecule has 2 heterocycles. The van der Waals surface area contributed by atoms with Gasteiger partial charge in [-0.25, -0.2) is 8.42 Å². The van der Waals surface area contributed by atoms with Crippen LogP contribution in [0.2, 0.25) is 0 Å². The zero-order valence-electron chi connectivity index (χ0n) is 15.1. The molecule has 0 saturated carbocycles. The van der Waals surface area contributed by atoms with Crippen molar-refractivity contribution in [3.63, 3.8) is 0 Å². The molecule has 8 nitrogen and oxygen atoms in total. The van der Waals surface area contributed by atoms with Gasteiger partial charge >= 0.3 is 0 Å². The fourth-order valence-corrected chi connectivity index (χ4v) is 3.82. The van der Waals surface area contributed by atoms with Gasteiger partial charge in [0.05, 0.1) is 23.0 Å². The van der Waals surface area contributed by atoms with Gasteiger partial charge < -0.3 is 5.32 Å². The summed E-state index contributed by atoms with van der Waals surface area (Å²) in [5.74, 6) is -0.311. The first-order valence-corrected chi connectivity index (χ1v) is 9.53. The standard InChI is InChI=1S/C18H19N5O3S/c1-13-6-8-15(9-7-13)27(25,26)23(3)18-16(12-20-22(18)2)17(24)21-14-5-4-10-19-11-14/h4-12H,1-3H3,(H,21,24). The quantitative estimate of drug-likeness (QED) is 0.726. The third-order valence-corrected chi connectivity index (χ3v) is 5.81. The Morgan fingerprint density at radius 1 is 1.15 bits per heavy atom. The summed E-state index contributed by atoms with van der Waals surface area (Å²) in [5.41, 5.74) is 1.59. The molecule has 0 bridgehead atoms. The summed E-state index contributed by atoms with van der Waals surface area (Å²) in [6, 6.07) is 9.89. The van der Waals surface area contributed by atoms with Crippen molar-refractivity contribution in [2.45, 2.75) is 11.8 Å². The predicted octanol–water partition coefficient (Wildman–Crippen LogP) is 2.20. The second-order valence-corrected chi connectivity index (χ2v) is 7.96. The van der Waals surface area contributed by atoms with Crippen LogP contribution in [0.5, 0.6) is 0 Å². The van der Waals surface area contributed by atoms with Gasteiger partial charge in [-0.15, -0.1) is 0 Å². The Labute approximate surface area is 157 Å². The lowest BCUT2D eigenvalue weighted by Gasteiger charge is -2.21. The number of aromatic nitrogens is 3. The van der Waals surface area contributed by atoms with Crippen molar-refractivity contribution in [1.29, 1.82) is 0 Å². The van der Waals surface area contributed by atoms with E-state index < -0.39 is 15.9 Å². The number of hydrogen-bond donors (Lipinski definition) is 1. The molecule has 3 rings (SSSR count). The van der Waals surface area contributed by atoms with E-state index in [0.29, 0.717) is 5.69 Å². The van der Waals surface area contributed by atoms with Gasteiger partial charge in [0, 0.05) is 20.3 Å². The lowest BCUT2D eigenvalue weighted by Crippen LogP contribution is -2.30. The monoisotopic (exact) mass is 385 g/mol. The van der Waals surface area contributed by atoms with Crippen LogP contribution in [0.25, 0.3) is 0 Å². The number of sulfonamides is 1. The van der Waals surface area contributed by atoms with Crippen molar-refractivity contribution in [3.8, 4) is 0 Å². The van der Waals surface area contributed by atoms with E-state index in [0.717, 1.165) is 9.87 Å². The Hall–Kier alpha value is -3.20. The molecule has 0 fully saturated rings. The van der Waals surface area contributed by atoms with Crippen LogP contribution in [0, 0.1) is 6.92 Å². The van der Waals surface area contributed by atoms with E-state index in [9.17, 15) is 13.2 Å². The van der Waals surface area contributed by atoms with Gasteiger partial charge in [-0.3, -0.25) is 18.8 Å². The van der Waals surface area contributed by atoms with E-state index in [4.69, 9.17) is 0 Å². The minimum Gasteiger partial charge on any atom is -0.320 e. The van der Waals surface area contributed by atoms with Crippen molar-refractivity contribution in [3.05, 3.63) is 66.1 Å². The van der Waals surface area contributed by atoms with E-state index in [2.05, 4.69) is 15.4 Å². The third kappa shape index (κ3) is 3.68. The van der Waals surface area contributed by atoms with Crippen molar-refractivity contribution < 1.29 is 13.2 Å². The fourth-order valence-electron chi connectivity index (χ4n) is 2.58. The third-order valence-electron chi connectivity index (χ3n) is 4.05. The molecule has 140 valence electrons. The average molecular weight is 385 g/mol. The number of pyridine rings is 1. The van der Waals surface area contributed by atoms with Gasteiger partial charge in [-0.2, -0.15) is 5.10 Å². The topological polar surface area (TPSA) is 97.2 Å². The smallest absolute Gasteiger partial charge is 0.265 e. The van der Waals surface area contributed by atoms with Crippen LogP contribution >= 0.6 is 0 Å². The average Bonchev–Trinajstić information content (AvgIpc) is 3.03. The first kappa shape index (κ1) is 18.6. The van der Waals surface area contributed by atoms with Crippen LogP contribution in [-0.2, 0) is 17.1 Å². The normalized spacial score (nSPS) is 11.2. The van der Waals surface area contributed by atoms with E-state index in [1.165, 1.54) is 36.3 Å². The minimum absolute atomic E-state index is 0.135. The van der Waals surface area contributed by atoms with Crippen LogP contribution in [0.15, 0.2) is 59.9 Å². The van der Waals surface area contributed by atoms with E-state index in [-0.39, 0.29) is 16.3 Å². The maximum atomic E-state index is 13.0. The summed E-state index contributed by atoms with van der Waals surface area (Å²) >= 11 is 0. The molecule has 2 aromatic heterocycles. The Bertz CT molecular complexity index is 1060. The van der Waals surface area contributed by atoms with Crippen LogP contribution in [0.3, 0.4) is 0 Å². The van der Waals surface area contributed by atoms with E-state index in [1.54, 1.807) is 37.5 Å². The Morgan fingerprint density at radius 3 is 2.48 bits per heavy atom. The number of rotatable bonds is 5. The molecular formula is C18H19N5O3S. The second-order valence-electron chi connectivity index (χ2n) is 5.99. The molecule has 3 aromatic rings. The Balaban J connectivity index is 1.96. The lowest BCUT2D eigenvalue weighted by atomic mass is 10.2. The van der Waals surface area contributed by atoms with Gasteiger partial charge in [0.2, 0.25) is 0 Å². The molecule has 0 aliphatic heterocycles. The highest BCUT2D eigenvalue weighted by molar-refractivity contribution is 7.92. The molecule has 0 aliphatic carbocycles. The summed E-state index contributed by atoms with van der Waals surface area (Å²) in [6.07, 6.45) is 4.43. The van der Waals surface area contributed by atoms with Crippen molar-refractivity contribution in [1.82, 2.24) is 14.8 Å². The molecule has 1 amide bonds. The molecule has 1 aromatic carbocycles. The maximum absolute atomic E-state index is 13.0. The van der Waals surface area contributed by atoms with Crippen molar-refractivity contribution in [2.24, 2.45) is 7.05 Å². The summed E-state index contributed by atoms with van der Waals surface area (Å²) in [7, 11) is -0.873. The lowest BCUT2D eigenvalue weighted by molar-refractivity contribution is 0.102. The number of anilines is 2. The molecule has 0 aliphatic rings. The second kappa shape index (κ2) is 7.20. The Morgan fingerprint density at radius 2 is 1.85 bits per heavy atom. The summed E-state index contributed by atoms with van der Waals surface area (Å²) in [4.78, 5) is 16.7. The largest absolute Gasteiger partial charge is 0.320 e. The highest BCUT2D eigenvalue weighted by atomic mass is 32.2. The summed E-state index contributed by atoms with van der Waals surface area (Å²) in [6.45, 7) is 1.88. The van der Waals surface area contributed by atoms with Gasteiger partial charge in [0.1, 0.15) is 5.56 Å². The van der Waals surface area contributed by atoms with Crippen LogP contribution in [0.1, 0.15) is 15.9 Å². The molecule has 27 heavy (non-hydrogen) atoms. The molecule has 0 radical (unpaired) electrons. The van der Waals surface area contributed by atoms with Gasteiger partial charge in [0.15, 0.2) is 5.82 Å². The van der Waals surface area contributed by atoms with Gasteiger partial charge in [0.25, 0.3) is 15.9 Å². The molecule has 0 saturated heterocycles. The molecule has 0 spiro atoms. The van der Waals surface area contributed by atoms with Crippen LogP contribution in [-0.4, -0.2) is 36.1 Å². The number of nitrogens with one attached hydrogen (secondary N) is 1. The number of carbonyl (C=O) groups is 1. The SMILES string of the molecule is Cc1ccc(S(=O)(=O)N(C)c2c(C(=O)Nc3cccnc3)cnn2C)cc1. The van der Waals surface area contributed by atoms with Gasteiger partial charge in [-0.05, 0) is 31.2 Å². The number of aryl methyl sites for hydroxylation is 2. The molecule has 0 unspecified atom stereocenters.